The summed E-state index contributed by atoms with van der Waals surface area (Å²) in [6, 6.07) is 8.37. The first-order valence-corrected chi connectivity index (χ1v) is 5.57. The minimum atomic E-state index is 0.397. The topological polar surface area (TPSA) is 21.3 Å². The SMILES string of the molecule is COCC(C)NCCc1cccc(Cl)c1. The first-order valence-electron chi connectivity index (χ1n) is 5.19. The van der Waals surface area contributed by atoms with Crippen molar-refractivity contribution in [2.45, 2.75) is 19.4 Å². The molecule has 1 atom stereocenters. The molecule has 0 aliphatic carbocycles. The highest BCUT2D eigenvalue weighted by atomic mass is 35.5. The van der Waals surface area contributed by atoms with Crippen molar-refractivity contribution in [3.63, 3.8) is 0 Å². The van der Waals surface area contributed by atoms with Crippen LogP contribution in [0.25, 0.3) is 0 Å². The van der Waals surface area contributed by atoms with Crippen molar-refractivity contribution in [1.29, 1.82) is 0 Å². The van der Waals surface area contributed by atoms with Gasteiger partial charge in [-0.25, -0.2) is 0 Å². The van der Waals surface area contributed by atoms with E-state index in [1.54, 1.807) is 7.11 Å². The fourth-order valence-electron chi connectivity index (χ4n) is 1.46. The molecule has 0 radical (unpaired) electrons. The Morgan fingerprint density at radius 3 is 2.93 bits per heavy atom. The highest BCUT2D eigenvalue weighted by molar-refractivity contribution is 6.30. The Kier molecular flexibility index (Phi) is 5.69. The quantitative estimate of drug-likeness (QED) is 0.807. The molecule has 0 amide bonds. The molecule has 84 valence electrons. The molecule has 0 aliphatic heterocycles. The molecule has 15 heavy (non-hydrogen) atoms. The van der Waals surface area contributed by atoms with Crippen LogP contribution in [0.4, 0.5) is 0 Å². The lowest BCUT2D eigenvalue weighted by molar-refractivity contribution is 0.172. The summed E-state index contributed by atoms with van der Waals surface area (Å²) in [5.74, 6) is 0. The average molecular weight is 228 g/mol. The minimum absolute atomic E-state index is 0.397. The van der Waals surface area contributed by atoms with Gasteiger partial charge in [-0.1, -0.05) is 23.7 Å². The van der Waals surface area contributed by atoms with E-state index in [0.29, 0.717) is 6.04 Å². The van der Waals surface area contributed by atoms with Gasteiger partial charge < -0.3 is 10.1 Å². The minimum Gasteiger partial charge on any atom is -0.383 e. The molecule has 0 spiro atoms. The fraction of sp³-hybridized carbons (Fsp3) is 0.500. The van der Waals surface area contributed by atoms with Gasteiger partial charge in [0.1, 0.15) is 0 Å². The maximum atomic E-state index is 5.90. The molecule has 0 saturated carbocycles. The van der Waals surface area contributed by atoms with Gasteiger partial charge in [-0.05, 0) is 37.6 Å². The third kappa shape index (κ3) is 5.17. The van der Waals surface area contributed by atoms with Gasteiger partial charge in [0.05, 0.1) is 6.61 Å². The summed E-state index contributed by atoms with van der Waals surface area (Å²) in [7, 11) is 1.72. The lowest BCUT2D eigenvalue weighted by Crippen LogP contribution is -2.31. The van der Waals surface area contributed by atoms with Gasteiger partial charge >= 0.3 is 0 Å². The van der Waals surface area contributed by atoms with Crippen molar-refractivity contribution in [1.82, 2.24) is 5.32 Å². The van der Waals surface area contributed by atoms with Crippen LogP contribution in [0.15, 0.2) is 24.3 Å². The Hall–Kier alpha value is -0.570. The summed E-state index contributed by atoms with van der Waals surface area (Å²) in [4.78, 5) is 0. The third-order valence-electron chi connectivity index (χ3n) is 2.21. The van der Waals surface area contributed by atoms with Gasteiger partial charge in [0, 0.05) is 18.2 Å². The Balaban J connectivity index is 2.25. The molecule has 1 aromatic rings. The van der Waals surface area contributed by atoms with Crippen LogP contribution in [0.1, 0.15) is 12.5 Å². The second-order valence-electron chi connectivity index (χ2n) is 3.69. The van der Waals surface area contributed by atoms with Crippen LogP contribution in [-0.4, -0.2) is 26.3 Å². The predicted molar refractivity (Wildman–Crippen MR) is 64.5 cm³/mol. The van der Waals surface area contributed by atoms with Gasteiger partial charge in [-0.3, -0.25) is 0 Å². The summed E-state index contributed by atoms with van der Waals surface area (Å²) in [6.45, 7) is 3.81. The smallest absolute Gasteiger partial charge is 0.0613 e. The molecule has 1 unspecified atom stereocenters. The lowest BCUT2D eigenvalue weighted by Gasteiger charge is -2.12. The van der Waals surface area contributed by atoms with Crippen LogP contribution in [0, 0.1) is 0 Å². The number of methoxy groups -OCH3 is 1. The van der Waals surface area contributed by atoms with E-state index < -0.39 is 0 Å². The Morgan fingerprint density at radius 2 is 2.27 bits per heavy atom. The third-order valence-corrected chi connectivity index (χ3v) is 2.45. The normalized spacial score (nSPS) is 12.7. The predicted octanol–water partition coefficient (Wildman–Crippen LogP) is 2.51. The van der Waals surface area contributed by atoms with Crippen molar-refractivity contribution in [3.8, 4) is 0 Å². The van der Waals surface area contributed by atoms with Crippen LogP contribution >= 0.6 is 11.6 Å². The Labute approximate surface area is 96.6 Å². The standard InChI is InChI=1S/C12H18ClNO/c1-10(9-15-2)14-7-6-11-4-3-5-12(13)8-11/h3-5,8,10,14H,6-7,9H2,1-2H3. The maximum Gasteiger partial charge on any atom is 0.0613 e. The van der Waals surface area contributed by atoms with E-state index in [-0.39, 0.29) is 0 Å². The van der Waals surface area contributed by atoms with Gasteiger partial charge in [0.25, 0.3) is 0 Å². The van der Waals surface area contributed by atoms with Crippen LogP contribution in [-0.2, 0) is 11.2 Å². The number of nitrogens with one attached hydrogen (secondary N) is 1. The molecule has 0 aromatic heterocycles. The van der Waals surface area contributed by atoms with E-state index in [2.05, 4.69) is 18.3 Å². The molecule has 3 heteroatoms. The number of rotatable bonds is 6. The van der Waals surface area contributed by atoms with Crippen molar-refractivity contribution in [3.05, 3.63) is 34.9 Å². The van der Waals surface area contributed by atoms with Crippen LogP contribution in [0.2, 0.25) is 5.02 Å². The highest BCUT2D eigenvalue weighted by Crippen LogP contribution is 2.10. The van der Waals surface area contributed by atoms with Gasteiger partial charge in [-0.15, -0.1) is 0 Å². The fourth-order valence-corrected chi connectivity index (χ4v) is 1.68. The lowest BCUT2D eigenvalue weighted by atomic mass is 10.1. The highest BCUT2D eigenvalue weighted by Gasteiger charge is 1.99. The van der Waals surface area contributed by atoms with Gasteiger partial charge in [0.15, 0.2) is 0 Å². The van der Waals surface area contributed by atoms with Crippen LogP contribution in [0.3, 0.4) is 0 Å². The summed E-state index contributed by atoms with van der Waals surface area (Å²) < 4.78 is 5.04. The maximum absolute atomic E-state index is 5.90. The van der Waals surface area contributed by atoms with E-state index in [1.165, 1.54) is 5.56 Å². The second-order valence-corrected chi connectivity index (χ2v) is 4.13. The molecule has 1 rings (SSSR count). The first-order chi connectivity index (χ1) is 7.22. The summed E-state index contributed by atoms with van der Waals surface area (Å²) in [6.07, 6.45) is 0.995. The van der Waals surface area contributed by atoms with Crippen molar-refractivity contribution >= 4 is 11.6 Å². The zero-order valence-electron chi connectivity index (χ0n) is 9.29. The molecule has 0 fully saturated rings. The van der Waals surface area contributed by atoms with Crippen LogP contribution < -0.4 is 5.32 Å². The monoisotopic (exact) mass is 227 g/mol. The van der Waals surface area contributed by atoms with E-state index in [4.69, 9.17) is 16.3 Å². The van der Waals surface area contributed by atoms with Gasteiger partial charge in [-0.2, -0.15) is 0 Å². The van der Waals surface area contributed by atoms with E-state index in [0.717, 1.165) is 24.6 Å². The van der Waals surface area contributed by atoms with Gasteiger partial charge in [0.2, 0.25) is 0 Å². The molecule has 1 aromatic carbocycles. The van der Waals surface area contributed by atoms with Crippen LogP contribution in [0.5, 0.6) is 0 Å². The number of hydrogen-bond acceptors (Lipinski definition) is 2. The van der Waals surface area contributed by atoms with E-state index in [9.17, 15) is 0 Å². The second kappa shape index (κ2) is 6.83. The van der Waals surface area contributed by atoms with Crippen molar-refractivity contribution in [2.24, 2.45) is 0 Å². The van der Waals surface area contributed by atoms with E-state index >= 15 is 0 Å². The average Bonchev–Trinajstić information content (AvgIpc) is 2.18. The zero-order chi connectivity index (χ0) is 11.1. The Morgan fingerprint density at radius 1 is 1.47 bits per heavy atom. The number of ether oxygens (including phenoxy) is 1. The number of benzene rings is 1. The molecule has 0 aliphatic rings. The zero-order valence-corrected chi connectivity index (χ0v) is 10.1. The van der Waals surface area contributed by atoms with Crippen molar-refractivity contribution < 1.29 is 4.74 Å². The summed E-state index contributed by atoms with van der Waals surface area (Å²) in [5, 5.41) is 4.19. The molecule has 2 nitrogen and oxygen atoms in total. The van der Waals surface area contributed by atoms with Crippen molar-refractivity contribution in [2.75, 3.05) is 20.3 Å². The molecule has 0 saturated heterocycles. The summed E-state index contributed by atoms with van der Waals surface area (Å²) >= 11 is 5.90. The Bertz CT molecular complexity index is 291. The van der Waals surface area contributed by atoms with E-state index in [1.807, 2.05) is 18.2 Å². The number of halogens is 1. The molecular weight excluding hydrogens is 210 g/mol. The molecule has 1 N–H and O–H groups in total. The first kappa shape index (κ1) is 12.5. The summed E-state index contributed by atoms with van der Waals surface area (Å²) in [5.41, 5.74) is 1.26. The largest absolute Gasteiger partial charge is 0.383 e. The molecular formula is C12H18ClNO. The molecule has 0 heterocycles. The molecule has 0 bridgehead atoms. The number of hydrogen-bond donors (Lipinski definition) is 1.